The molecule has 3 aromatic rings. The summed E-state index contributed by atoms with van der Waals surface area (Å²) in [6.07, 6.45) is 1.45. The molecule has 0 fully saturated rings. The molecule has 0 aliphatic rings. The third kappa shape index (κ3) is 6.22. The van der Waals surface area contributed by atoms with Crippen molar-refractivity contribution < 1.29 is 9.59 Å². The zero-order valence-corrected chi connectivity index (χ0v) is 17.6. The molecule has 152 valence electrons. The fraction of sp³-hybridized carbons (Fsp3) is 0. The van der Waals surface area contributed by atoms with Crippen LogP contribution in [0.1, 0.15) is 15.9 Å². The molecule has 0 unspecified atom stereocenters. The summed E-state index contributed by atoms with van der Waals surface area (Å²) in [5, 5.41) is 10.6. The number of hydrogen-bond acceptors (Lipinski definition) is 3. The lowest BCUT2D eigenvalue weighted by atomic mass is 10.2. The molecule has 6 nitrogen and oxygen atoms in total. The molecule has 0 spiro atoms. The number of urea groups is 1. The number of hydrogen-bond donors (Lipinski definition) is 3. The Hall–Kier alpha value is -3.06. The van der Waals surface area contributed by atoms with Gasteiger partial charge in [-0.3, -0.25) is 4.79 Å². The summed E-state index contributed by atoms with van der Waals surface area (Å²) in [7, 11) is 0. The van der Waals surface area contributed by atoms with E-state index in [1.165, 1.54) is 6.21 Å². The van der Waals surface area contributed by atoms with Gasteiger partial charge in [0, 0.05) is 22.0 Å². The van der Waals surface area contributed by atoms with Gasteiger partial charge >= 0.3 is 6.03 Å². The second-order valence-corrected chi connectivity index (χ2v) is 7.29. The van der Waals surface area contributed by atoms with Crippen LogP contribution in [0.5, 0.6) is 0 Å². The minimum Gasteiger partial charge on any atom is -0.308 e. The molecular weight excluding hydrogens is 447 g/mol. The fourth-order valence-electron chi connectivity index (χ4n) is 2.39. The average molecular weight is 462 g/mol. The van der Waals surface area contributed by atoms with E-state index in [9.17, 15) is 9.59 Å². The highest BCUT2D eigenvalue weighted by atomic mass is 35.5. The lowest BCUT2D eigenvalue weighted by Crippen LogP contribution is -2.20. The first kappa shape index (κ1) is 21.6. The zero-order valence-electron chi connectivity index (χ0n) is 15.3. The number of benzene rings is 3. The molecule has 0 atom stereocenters. The summed E-state index contributed by atoms with van der Waals surface area (Å²) in [5.74, 6) is -0.402. The Balaban J connectivity index is 1.54. The van der Waals surface area contributed by atoms with E-state index in [2.05, 4.69) is 21.2 Å². The highest BCUT2D eigenvalue weighted by Gasteiger charge is 2.07. The van der Waals surface area contributed by atoms with Crippen molar-refractivity contribution in [1.29, 1.82) is 0 Å². The summed E-state index contributed by atoms with van der Waals surface area (Å²) in [6.45, 7) is 0. The Kier molecular flexibility index (Phi) is 7.30. The lowest BCUT2D eigenvalue weighted by Gasteiger charge is -2.08. The van der Waals surface area contributed by atoms with Crippen LogP contribution in [0.4, 0.5) is 16.2 Å². The number of amides is 3. The van der Waals surface area contributed by atoms with E-state index >= 15 is 0 Å². The molecule has 30 heavy (non-hydrogen) atoms. The number of carbonyl (C=O) groups excluding carboxylic acids is 2. The maximum atomic E-state index is 12.2. The number of halogens is 3. The van der Waals surface area contributed by atoms with Crippen LogP contribution < -0.4 is 16.1 Å². The molecule has 0 heterocycles. The van der Waals surface area contributed by atoms with E-state index in [1.54, 1.807) is 66.7 Å². The normalized spacial score (nSPS) is 10.6. The summed E-state index contributed by atoms with van der Waals surface area (Å²) in [5.41, 5.74) is 4.57. The minimum atomic E-state index is -0.430. The first-order chi connectivity index (χ1) is 14.4. The van der Waals surface area contributed by atoms with Crippen molar-refractivity contribution in [3.63, 3.8) is 0 Å². The standard InChI is InChI=1S/C21H15Cl3N4O2/c22-15-2-1-3-17(11-15)27-21(30)26-16-7-5-14(6-8-16)20(29)28-25-12-13-4-9-18(23)19(24)10-13/h1-12H,(H,28,29)(H2,26,27,30)/b25-12-. The van der Waals surface area contributed by atoms with Crippen LogP contribution in [0.3, 0.4) is 0 Å². The van der Waals surface area contributed by atoms with Gasteiger partial charge in [0.15, 0.2) is 0 Å². The summed E-state index contributed by atoms with van der Waals surface area (Å²) >= 11 is 17.7. The number of nitrogens with one attached hydrogen (secondary N) is 3. The third-order valence-corrected chi connectivity index (χ3v) is 4.78. The fourth-order valence-corrected chi connectivity index (χ4v) is 2.88. The average Bonchev–Trinajstić information content (AvgIpc) is 2.71. The molecule has 0 aromatic heterocycles. The van der Waals surface area contributed by atoms with Crippen molar-refractivity contribution in [1.82, 2.24) is 5.43 Å². The maximum Gasteiger partial charge on any atom is 0.323 e. The topological polar surface area (TPSA) is 82.6 Å². The smallest absolute Gasteiger partial charge is 0.308 e. The Labute approximate surface area is 187 Å². The molecule has 0 aliphatic carbocycles. The van der Waals surface area contributed by atoms with Crippen molar-refractivity contribution in [2.75, 3.05) is 10.6 Å². The molecule has 0 saturated carbocycles. The largest absolute Gasteiger partial charge is 0.323 e. The van der Waals surface area contributed by atoms with Gasteiger partial charge in [0.2, 0.25) is 0 Å². The molecule has 3 amide bonds. The second-order valence-electron chi connectivity index (χ2n) is 6.04. The van der Waals surface area contributed by atoms with Gasteiger partial charge in [-0.1, -0.05) is 46.9 Å². The molecule has 0 bridgehead atoms. The van der Waals surface area contributed by atoms with Crippen molar-refractivity contribution in [2.24, 2.45) is 5.10 Å². The molecule has 3 N–H and O–H groups in total. The van der Waals surface area contributed by atoms with E-state index in [0.29, 0.717) is 37.6 Å². The molecule has 0 radical (unpaired) electrons. The van der Waals surface area contributed by atoms with E-state index < -0.39 is 11.9 Å². The lowest BCUT2D eigenvalue weighted by molar-refractivity contribution is 0.0955. The van der Waals surface area contributed by atoms with Crippen LogP contribution in [0, 0.1) is 0 Å². The van der Waals surface area contributed by atoms with Gasteiger partial charge in [-0.05, 0) is 60.2 Å². The van der Waals surface area contributed by atoms with Crippen LogP contribution in [-0.2, 0) is 0 Å². The van der Waals surface area contributed by atoms with Crippen molar-refractivity contribution in [3.05, 3.63) is 92.9 Å². The number of anilines is 2. The zero-order chi connectivity index (χ0) is 21.5. The number of hydrazone groups is 1. The van der Waals surface area contributed by atoms with Gasteiger partial charge in [-0.2, -0.15) is 5.10 Å². The quantitative estimate of drug-likeness (QED) is 0.319. The summed E-state index contributed by atoms with van der Waals surface area (Å²) in [6, 6.07) is 17.7. The Morgan fingerprint density at radius 1 is 0.800 bits per heavy atom. The summed E-state index contributed by atoms with van der Waals surface area (Å²) < 4.78 is 0. The van der Waals surface area contributed by atoms with E-state index in [4.69, 9.17) is 34.8 Å². The Morgan fingerprint density at radius 3 is 2.23 bits per heavy atom. The molecule has 0 aliphatic heterocycles. The predicted octanol–water partition coefficient (Wildman–Crippen LogP) is 6.05. The van der Waals surface area contributed by atoms with Gasteiger partial charge in [0.25, 0.3) is 5.91 Å². The number of carbonyl (C=O) groups is 2. The van der Waals surface area contributed by atoms with E-state index in [-0.39, 0.29) is 0 Å². The second kappa shape index (κ2) is 10.1. The van der Waals surface area contributed by atoms with E-state index in [0.717, 1.165) is 0 Å². The van der Waals surface area contributed by atoms with Crippen molar-refractivity contribution >= 4 is 64.3 Å². The van der Waals surface area contributed by atoms with Crippen LogP contribution in [0.25, 0.3) is 0 Å². The third-order valence-electron chi connectivity index (χ3n) is 3.81. The van der Waals surface area contributed by atoms with Gasteiger partial charge in [0.1, 0.15) is 0 Å². The van der Waals surface area contributed by atoms with Crippen LogP contribution in [-0.4, -0.2) is 18.2 Å². The van der Waals surface area contributed by atoms with Gasteiger partial charge in [-0.25, -0.2) is 10.2 Å². The summed E-state index contributed by atoms with van der Waals surface area (Å²) in [4.78, 5) is 24.2. The van der Waals surface area contributed by atoms with Crippen LogP contribution >= 0.6 is 34.8 Å². The monoisotopic (exact) mass is 460 g/mol. The highest BCUT2D eigenvalue weighted by molar-refractivity contribution is 6.42. The molecule has 9 heteroatoms. The van der Waals surface area contributed by atoms with Gasteiger partial charge < -0.3 is 10.6 Å². The Bertz CT molecular complexity index is 1100. The highest BCUT2D eigenvalue weighted by Crippen LogP contribution is 2.21. The van der Waals surface area contributed by atoms with Gasteiger partial charge in [-0.15, -0.1) is 0 Å². The Morgan fingerprint density at radius 2 is 1.53 bits per heavy atom. The SMILES string of the molecule is O=C(Nc1ccc(C(=O)N/N=C\c2ccc(Cl)c(Cl)c2)cc1)Nc1cccc(Cl)c1. The molecule has 3 aromatic carbocycles. The first-order valence-electron chi connectivity index (χ1n) is 8.63. The molecular formula is C21H15Cl3N4O2. The van der Waals surface area contributed by atoms with Crippen LogP contribution in [0.2, 0.25) is 15.1 Å². The predicted molar refractivity (Wildman–Crippen MR) is 122 cm³/mol. The first-order valence-corrected chi connectivity index (χ1v) is 9.76. The van der Waals surface area contributed by atoms with Crippen molar-refractivity contribution in [3.8, 4) is 0 Å². The maximum absolute atomic E-state index is 12.2. The number of nitrogens with zero attached hydrogens (tertiary/aromatic N) is 1. The minimum absolute atomic E-state index is 0.377. The van der Waals surface area contributed by atoms with Crippen LogP contribution in [0.15, 0.2) is 71.8 Å². The number of rotatable bonds is 5. The van der Waals surface area contributed by atoms with Crippen molar-refractivity contribution in [2.45, 2.75) is 0 Å². The molecule has 0 saturated heterocycles. The van der Waals surface area contributed by atoms with E-state index in [1.807, 2.05) is 0 Å². The molecule has 3 rings (SSSR count). The van der Waals surface area contributed by atoms with Gasteiger partial charge in [0.05, 0.1) is 16.3 Å².